The highest BCUT2D eigenvalue weighted by molar-refractivity contribution is 7.22. The summed E-state index contributed by atoms with van der Waals surface area (Å²) in [7, 11) is 1.65. The smallest absolute Gasteiger partial charge is 0.276 e. The number of ether oxygens (including phenoxy) is 1. The molecule has 0 radical (unpaired) electrons. The highest BCUT2D eigenvalue weighted by Crippen LogP contribution is 2.34. The first kappa shape index (κ1) is 22.4. The normalized spacial score (nSPS) is 16.7. The van der Waals surface area contributed by atoms with Crippen molar-refractivity contribution in [3.63, 3.8) is 0 Å². The van der Waals surface area contributed by atoms with E-state index in [-0.39, 0.29) is 23.4 Å². The van der Waals surface area contributed by atoms with E-state index >= 15 is 0 Å². The van der Waals surface area contributed by atoms with Gasteiger partial charge in [0.25, 0.3) is 11.8 Å². The Morgan fingerprint density at radius 3 is 2.72 bits per heavy atom. The Kier molecular flexibility index (Phi) is 6.05. The summed E-state index contributed by atoms with van der Waals surface area (Å²) in [6, 6.07) is 7.47. The van der Waals surface area contributed by atoms with Gasteiger partial charge in [0.15, 0.2) is 16.5 Å². The molecule has 32 heavy (non-hydrogen) atoms. The molecule has 9 heteroatoms. The summed E-state index contributed by atoms with van der Waals surface area (Å²) in [5.74, 6) is -0.333. The maximum atomic E-state index is 13.5. The summed E-state index contributed by atoms with van der Waals surface area (Å²) in [5, 5.41) is 8.02. The van der Waals surface area contributed by atoms with Gasteiger partial charge in [-0.1, -0.05) is 29.5 Å². The second kappa shape index (κ2) is 8.63. The van der Waals surface area contributed by atoms with Gasteiger partial charge in [0.2, 0.25) is 0 Å². The number of thiazole rings is 1. The van der Waals surface area contributed by atoms with E-state index in [1.807, 2.05) is 50.8 Å². The molecule has 1 fully saturated rings. The minimum absolute atomic E-state index is 0.0514. The number of likely N-dealkylation sites (tertiary alicyclic amines) is 1. The van der Waals surface area contributed by atoms with Gasteiger partial charge in [0.05, 0.1) is 18.2 Å². The SMILES string of the molecule is COC[C@H]1CCCN1C(=O)c1nn(C(C)(C)C)c2nc(NC(=O)c3ccccc3C)sc12. The zero-order chi connectivity index (χ0) is 23.0. The van der Waals surface area contributed by atoms with Gasteiger partial charge in [0.1, 0.15) is 4.70 Å². The zero-order valence-electron chi connectivity index (χ0n) is 19.1. The Balaban J connectivity index is 1.71. The number of hydrogen-bond donors (Lipinski definition) is 1. The van der Waals surface area contributed by atoms with Crippen molar-refractivity contribution in [3.05, 3.63) is 41.1 Å². The van der Waals surface area contributed by atoms with Gasteiger partial charge in [0, 0.05) is 19.2 Å². The fraction of sp³-hybridized carbons (Fsp3) is 0.478. The van der Waals surface area contributed by atoms with Crippen LogP contribution in [0.15, 0.2) is 24.3 Å². The van der Waals surface area contributed by atoms with E-state index in [1.165, 1.54) is 11.3 Å². The third-order valence-corrected chi connectivity index (χ3v) is 6.64. The largest absolute Gasteiger partial charge is 0.383 e. The quantitative estimate of drug-likeness (QED) is 0.627. The number of carbonyl (C=O) groups excluding carboxylic acids is 2. The molecular formula is C23H29N5O3S. The molecule has 3 aromatic rings. The lowest BCUT2D eigenvalue weighted by Crippen LogP contribution is -2.38. The number of fused-ring (bicyclic) bond motifs is 1. The maximum Gasteiger partial charge on any atom is 0.276 e. The van der Waals surface area contributed by atoms with Gasteiger partial charge < -0.3 is 9.64 Å². The predicted molar refractivity (Wildman–Crippen MR) is 125 cm³/mol. The molecule has 0 spiro atoms. The Hall–Kier alpha value is -2.78. The average Bonchev–Trinajstić information content (AvgIpc) is 3.42. The molecule has 1 saturated heterocycles. The van der Waals surface area contributed by atoms with Crippen LogP contribution in [0.2, 0.25) is 0 Å². The van der Waals surface area contributed by atoms with Crippen LogP contribution in [-0.2, 0) is 10.3 Å². The van der Waals surface area contributed by atoms with Crippen LogP contribution in [-0.4, -0.2) is 57.8 Å². The van der Waals surface area contributed by atoms with E-state index in [4.69, 9.17) is 4.74 Å². The number of anilines is 1. The van der Waals surface area contributed by atoms with E-state index in [0.717, 1.165) is 18.4 Å². The van der Waals surface area contributed by atoms with Gasteiger partial charge in [-0.05, 0) is 52.2 Å². The molecule has 0 bridgehead atoms. The molecule has 0 unspecified atom stereocenters. The summed E-state index contributed by atoms with van der Waals surface area (Å²) < 4.78 is 7.77. The maximum absolute atomic E-state index is 13.5. The summed E-state index contributed by atoms with van der Waals surface area (Å²) in [6.07, 6.45) is 1.87. The number of nitrogens with zero attached hydrogens (tertiary/aromatic N) is 4. The molecule has 1 atom stereocenters. The van der Waals surface area contributed by atoms with Crippen molar-refractivity contribution in [2.24, 2.45) is 0 Å². The van der Waals surface area contributed by atoms with Crippen molar-refractivity contribution < 1.29 is 14.3 Å². The second-order valence-electron chi connectivity index (χ2n) is 9.12. The molecule has 1 aromatic carbocycles. The highest BCUT2D eigenvalue weighted by atomic mass is 32.1. The average molecular weight is 456 g/mol. The van der Waals surface area contributed by atoms with E-state index < -0.39 is 0 Å². The fourth-order valence-corrected chi connectivity index (χ4v) is 4.98. The second-order valence-corrected chi connectivity index (χ2v) is 10.1. The lowest BCUT2D eigenvalue weighted by Gasteiger charge is -2.23. The lowest BCUT2D eigenvalue weighted by molar-refractivity contribution is 0.0625. The minimum Gasteiger partial charge on any atom is -0.383 e. The third-order valence-electron chi connectivity index (χ3n) is 5.67. The molecule has 0 saturated carbocycles. The predicted octanol–water partition coefficient (Wildman–Crippen LogP) is 4.06. The van der Waals surface area contributed by atoms with E-state index in [9.17, 15) is 9.59 Å². The molecule has 1 aliphatic heterocycles. The molecule has 1 aliphatic rings. The molecule has 2 aromatic heterocycles. The first-order valence-corrected chi connectivity index (χ1v) is 11.6. The molecule has 8 nitrogen and oxygen atoms in total. The molecule has 170 valence electrons. The Morgan fingerprint density at radius 1 is 1.28 bits per heavy atom. The molecule has 2 amide bonds. The van der Waals surface area contributed by atoms with Crippen LogP contribution in [0.25, 0.3) is 10.3 Å². The number of hydrogen-bond acceptors (Lipinski definition) is 6. The summed E-state index contributed by atoms with van der Waals surface area (Å²) in [4.78, 5) is 32.8. The summed E-state index contributed by atoms with van der Waals surface area (Å²) >= 11 is 1.29. The monoisotopic (exact) mass is 455 g/mol. The van der Waals surface area contributed by atoms with Crippen LogP contribution < -0.4 is 5.32 Å². The number of amides is 2. The van der Waals surface area contributed by atoms with Crippen LogP contribution in [0.5, 0.6) is 0 Å². The number of benzene rings is 1. The number of aromatic nitrogens is 3. The van der Waals surface area contributed by atoms with Crippen LogP contribution >= 0.6 is 11.3 Å². The van der Waals surface area contributed by atoms with Crippen molar-refractivity contribution in [3.8, 4) is 0 Å². The molecule has 0 aliphatic carbocycles. The highest BCUT2D eigenvalue weighted by Gasteiger charge is 2.34. The van der Waals surface area contributed by atoms with Crippen LogP contribution in [0.3, 0.4) is 0 Å². The lowest BCUT2D eigenvalue weighted by atomic mass is 10.1. The Bertz CT molecular complexity index is 1160. The van der Waals surface area contributed by atoms with Gasteiger partial charge in [-0.15, -0.1) is 0 Å². The number of nitrogens with one attached hydrogen (secondary N) is 1. The number of rotatable bonds is 5. The standard InChI is InChI=1S/C23H29N5O3S/c1-14-9-6-7-11-16(14)20(29)25-22-24-19-18(32-22)17(26-28(19)23(2,3)4)21(30)27-12-8-10-15(27)13-31-5/h6-7,9,11,15H,8,10,12-13H2,1-5H3,(H,24,25,29)/t15-/m1/s1. The molecule has 3 heterocycles. The molecule has 1 N–H and O–H groups in total. The number of aryl methyl sites for hydroxylation is 1. The van der Waals surface area contributed by atoms with Gasteiger partial charge in [-0.2, -0.15) is 10.1 Å². The van der Waals surface area contributed by atoms with Crippen molar-refractivity contribution in [1.82, 2.24) is 19.7 Å². The summed E-state index contributed by atoms with van der Waals surface area (Å²) in [5.41, 5.74) is 2.10. The van der Waals surface area contributed by atoms with Crippen LogP contribution in [0.1, 0.15) is 60.0 Å². The van der Waals surface area contributed by atoms with Crippen LogP contribution in [0.4, 0.5) is 5.13 Å². The van der Waals surface area contributed by atoms with Gasteiger partial charge >= 0.3 is 0 Å². The van der Waals surface area contributed by atoms with Crippen LogP contribution in [0, 0.1) is 6.92 Å². The Morgan fingerprint density at radius 2 is 2.03 bits per heavy atom. The van der Waals surface area contributed by atoms with Crippen molar-refractivity contribution in [2.75, 3.05) is 25.6 Å². The van der Waals surface area contributed by atoms with Gasteiger partial charge in [-0.3, -0.25) is 14.9 Å². The van der Waals surface area contributed by atoms with E-state index in [2.05, 4.69) is 15.4 Å². The van der Waals surface area contributed by atoms with Crippen molar-refractivity contribution in [1.29, 1.82) is 0 Å². The first-order valence-electron chi connectivity index (χ1n) is 10.8. The topological polar surface area (TPSA) is 89.3 Å². The van der Waals surface area contributed by atoms with E-state index in [0.29, 0.717) is 39.9 Å². The molecular weight excluding hydrogens is 426 g/mol. The zero-order valence-corrected chi connectivity index (χ0v) is 20.0. The molecule has 4 rings (SSSR count). The summed E-state index contributed by atoms with van der Waals surface area (Å²) in [6.45, 7) is 9.14. The van der Waals surface area contributed by atoms with E-state index in [1.54, 1.807) is 17.9 Å². The van der Waals surface area contributed by atoms with Gasteiger partial charge in [-0.25, -0.2) is 4.68 Å². The minimum atomic E-state index is -0.376. The number of carbonyl (C=O) groups is 2. The van der Waals surface area contributed by atoms with Crippen molar-refractivity contribution in [2.45, 2.75) is 52.1 Å². The fourth-order valence-electron chi connectivity index (χ4n) is 4.06. The third kappa shape index (κ3) is 4.14. The van der Waals surface area contributed by atoms with Crippen molar-refractivity contribution >= 4 is 38.6 Å². The first-order chi connectivity index (χ1) is 15.2. The Labute approximate surface area is 191 Å². The number of methoxy groups -OCH3 is 1.